The summed E-state index contributed by atoms with van der Waals surface area (Å²) in [6.45, 7) is 4.51. The molecule has 0 aromatic heterocycles. The summed E-state index contributed by atoms with van der Waals surface area (Å²) in [5.74, 6) is -1.77. The number of phenolic OH excluding ortho intramolecular Hbond substituents is 1. The molecule has 0 spiro atoms. The monoisotopic (exact) mass is 511 g/mol. The van der Waals surface area contributed by atoms with E-state index in [9.17, 15) is 35.1 Å². The number of carbonyl (C=O) groups is 2. The number of hydrogen-bond acceptors (Lipinski definition) is 11. The molecule has 2 heterocycles. The molecule has 1 amide bonds. The predicted molar refractivity (Wildman–Crippen MR) is 124 cm³/mol. The number of nitrogens with one attached hydrogen (secondary N) is 1. The smallest absolute Gasteiger partial charge is 0.247 e. The first kappa shape index (κ1) is 26.5. The number of amides is 1. The second-order valence-electron chi connectivity index (χ2n) is 9.41. The number of carbonyl (C=O) groups excluding carboxylic acids is 2. The minimum absolute atomic E-state index is 0. The predicted octanol–water partition coefficient (Wildman–Crippen LogP) is -0.946. The molecule has 1 aromatic rings. The number of fused-ring (bicyclic) bond motifs is 1. The maximum absolute atomic E-state index is 12.8. The van der Waals surface area contributed by atoms with Crippen LogP contribution in [0.2, 0.25) is 0 Å². The minimum atomic E-state index is -1.49. The van der Waals surface area contributed by atoms with Crippen LogP contribution < -0.4 is 10.1 Å². The summed E-state index contributed by atoms with van der Waals surface area (Å²) in [4.78, 5) is 24.3. The van der Waals surface area contributed by atoms with Crippen molar-refractivity contribution in [3.05, 3.63) is 29.3 Å². The highest BCUT2D eigenvalue weighted by Gasteiger charge is 2.52. The molecule has 3 fully saturated rings. The summed E-state index contributed by atoms with van der Waals surface area (Å²) in [7, 11) is 0. The largest absolute Gasteiger partial charge is 0.504 e. The Labute approximate surface area is 208 Å². The maximum Gasteiger partial charge on any atom is 0.247 e. The fourth-order valence-electron chi connectivity index (χ4n) is 4.74. The van der Waals surface area contributed by atoms with Crippen molar-refractivity contribution in [3.8, 4) is 11.5 Å². The van der Waals surface area contributed by atoms with Crippen molar-refractivity contribution in [1.82, 2.24) is 5.32 Å². The van der Waals surface area contributed by atoms with Gasteiger partial charge in [0.15, 0.2) is 17.3 Å². The van der Waals surface area contributed by atoms with Crippen LogP contribution in [0.5, 0.6) is 11.5 Å². The Morgan fingerprint density at radius 1 is 1.06 bits per heavy atom. The summed E-state index contributed by atoms with van der Waals surface area (Å²) in [6.07, 6.45) is -7.39. The van der Waals surface area contributed by atoms with Crippen LogP contribution in [0.15, 0.2) is 23.8 Å². The number of rotatable bonds is 6. The average Bonchev–Trinajstić information content (AvgIpc) is 3.43. The summed E-state index contributed by atoms with van der Waals surface area (Å²) in [5, 5.41) is 54.2. The Kier molecular flexibility index (Phi) is 7.67. The fraction of sp³-hybridized carbons (Fsp3) is 0.583. The number of Topliss-reactive ketones (excluding diaryl/α,β-unsaturated/α-hetero) is 1. The fourth-order valence-corrected chi connectivity index (χ4v) is 4.74. The zero-order valence-electron chi connectivity index (χ0n) is 20.0. The summed E-state index contributed by atoms with van der Waals surface area (Å²) >= 11 is 0. The molecule has 2 saturated heterocycles. The Balaban J connectivity index is 0.00000380. The van der Waals surface area contributed by atoms with Crippen molar-refractivity contribution in [2.24, 2.45) is 5.92 Å². The van der Waals surface area contributed by atoms with E-state index in [0.717, 1.165) is 0 Å². The van der Waals surface area contributed by atoms with Crippen molar-refractivity contribution >= 4 is 17.8 Å². The SMILES string of the molecule is CC(=O)[C@H]1O[C@@H](Oc2ccc(/C=C(\C)C(=O)N[C@@H]3[C@H](O)[C@@H](C)[C@H]4OCO[C@H]4[C@@H]3O)cc2O)[C@@H](O)[C@@H]1O.[HH]. The lowest BCUT2D eigenvalue weighted by Gasteiger charge is -2.42. The van der Waals surface area contributed by atoms with Crippen LogP contribution in [0.4, 0.5) is 0 Å². The second kappa shape index (κ2) is 10.4. The van der Waals surface area contributed by atoms with Gasteiger partial charge in [-0.05, 0) is 37.6 Å². The topological polar surface area (TPSA) is 184 Å². The van der Waals surface area contributed by atoms with Crippen LogP contribution in [-0.4, -0.2) is 99.1 Å². The number of benzene rings is 1. The van der Waals surface area contributed by atoms with E-state index in [4.69, 9.17) is 18.9 Å². The molecule has 0 bridgehead atoms. The van der Waals surface area contributed by atoms with Gasteiger partial charge >= 0.3 is 0 Å². The number of hydrogen-bond donors (Lipinski definition) is 6. The molecular weight excluding hydrogens is 478 g/mol. The van der Waals surface area contributed by atoms with E-state index >= 15 is 0 Å². The number of ketones is 1. The quantitative estimate of drug-likeness (QED) is 0.259. The van der Waals surface area contributed by atoms with Gasteiger partial charge in [0.1, 0.15) is 37.3 Å². The molecule has 1 saturated carbocycles. The molecule has 12 nitrogen and oxygen atoms in total. The zero-order chi connectivity index (χ0) is 26.3. The molecule has 1 aromatic carbocycles. The lowest BCUT2D eigenvalue weighted by atomic mass is 9.78. The van der Waals surface area contributed by atoms with Crippen LogP contribution in [0.3, 0.4) is 0 Å². The van der Waals surface area contributed by atoms with Crippen molar-refractivity contribution in [2.45, 2.75) is 75.8 Å². The minimum Gasteiger partial charge on any atom is -0.504 e. The molecule has 12 heteroatoms. The van der Waals surface area contributed by atoms with Gasteiger partial charge in [0.2, 0.25) is 12.2 Å². The van der Waals surface area contributed by atoms with E-state index in [1.165, 1.54) is 38.1 Å². The highest BCUT2D eigenvalue weighted by molar-refractivity contribution is 5.97. The third kappa shape index (κ3) is 4.98. The van der Waals surface area contributed by atoms with Gasteiger partial charge in [0.05, 0.1) is 18.2 Å². The molecule has 1 aliphatic carbocycles. The van der Waals surface area contributed by atoms with Gasteiger partial charge in [-0.1, -0.05) is 13.0 Å². The van der Waals surface area contributed by atoms with Gasteiger partial charge in [0, 0.05) is 12.9 Å². The summed E-state index contributed by atoms with van der Waals surface area (Å²) in [5.41, 5.74) is 0.676. The van der Waals surface area contributed by atoms with Gasteiger partial charge < -0.3 is 49.8 Å². The molecule has 200 valence electrons. The molecular formula is C24H33NO11. The molecule has 0 radical (unpaired) electrons. The van der Waals surface area contributed by atoms with E-state index in [-0.39, 0.29) is 31.2 Å². The standard InChI is InChI=1S/C24H31NO11.H2/c1-9(23(32)25-15-16(28)10(2)20-22(17(15)29)34-8-33-20)6-12-4-5-14(13(27)7-12)35-24-19(31)18(30)21(36-24)11(3)26;/h4-7,10,15-22,24,27-31H,8H2,1-3H3,(H,25,32);1H/b9-6+;/t10-,15-,16-,17-,18+,19+,20-,21-,22+,24-;/m1./s1. The molecule has 4 rings (SSSR count). The normalized spacial score (nSPS) is 38.5. The Hall–Kier alpha value is -2.58. The van der Waals surface area contributed by atoms with Crippen molar-refractivity contribution < 1.29 is 55.5 Å². The van der Waals surface area contributed by atoms with Crippen LogP contribution in [0.25, 0.3) is 6.08 Å². The number of aliphatic hydroxyl groups is 4. The lowest BCUT2D eigenvalue weighted by Crippen LogP contribution is -2.64. The molecule has 10 atom stereocenters. The van der Waals surface area contributed by atoms with E-state index in [1.807, 2.05) is 0 Å². The van der Waals surface area contributed by atoms with Crippen LogP contribution in [-0.2, 0) is 23.8 Å². The summed E-state index contributed by atoms with van der Waals surface area (Å²) in [6, 6.07) is 3.26. The number of aromatic hydroxyl groups is 1. The zero-order valence-corrected chi connectivity index (χ0v) is 20.0. The Morgan fingerprint density at radius 3 is 2.39 bits per heavy atom. The number of aliphatic hydroxyl groups excluding tert-OH is 4. The average molecular weight is 512 g/mol. The lowest BCUT2D eigenvalue weighted by molar-refractivity contribution is -0.141. The van der Waals surface area contributed by atoms with Gasteiger partial charge in [-0.15, -0.1) is 0 Å². The van der Waals surface area contributed by atoms with Crippen molar-refractivity contribution in [2.75, 3.05) is 6.79 Å². The highest BCUT2D eigenvalue weighted by atomic mass is 16.7. The summed E-state index contributed by atoms with van der Waals surface area (Å²) < 4.78 is 21.5. The molecule has 36 heavy (non-hydrogen) atoms. The van der Waals surface area contributed by atoms with Gasteiger partial charge in [0.25, 0.3) is 0 Å². The van der Waals surface area contributed by atoms with E-state index in [0.29, 0.717) is 5.56 Å². The number of phenols is 1. The van der Waals surface area contributed by atoms with E-state index in [1.54, 1.807) is 6.92 Å². The Bertz CT molecular complexity index is 1040. The first-order valence-electron chi connectivity index (χ1n) is 11.6. The van der Waals surface area contributed by atoms with E-state index < -0.39 is 66.8 Å². The van der Waals surface area contributed by atoms with E-state index in [2.05, 4.69) is 5.32 Å². The van der Waals surface area contributed by atoms with Gasteiger partial charge in [-0.2, -0.15) is 0 Å². The first-order valence-corrected chi connectivity index (χ1v) is 11.6. The van der Waals surface area contributed by atoms with Crippen LogP contribution in [0.1, 0.15) is 27.8 Å². The number of ether oxygens (including phenoxy) is 4. The van der Waals surface area contributed by atoms with Gasteiger partial charge in [-0.25, -0.2) is 0 Å². The Morgan fingerprint density at radius 2 is 1.75 bits per heavy atom. The first-order chi connectivity index (χ1) is 17.0. The van der Waals surface area contributed by atoms with Crippen molar-refractivity contribution in [3.63, 3.8) is 0 Å². The third-order valence-electron chi connectivity index (χ3n) is 6.86. The van der Waals surface area contributed by atoms with Gasteiger partial charge in [-0.3, -0.25) is 9.59 Å². The van der Waals surface area contributed by atoms with Crippen molar-refractivity contribution in [1.29, 1.82) is 0 Å². The second-order valence-corrected chi connectivity index (χ2v) is 9.41. The van der Waals surface area contributed by atoms with Crippen LogP contribution in [0, 0.1) is 5.92 Å². The highest BCUT2D eigenvalue weighted by Crippen LogP contribution is 2.34. The molecule has 2 aliphatic heterocycles. The third-order valence-corrected chi connectivity index (χ3v) is 6.86. The maximum atomic E-state index is 12.8. The molecule has 3 aliphatic rings. The van der Waals surface area contributed by atoms with Crippen LogP contribution >= 0.6 is 0 Å². The molecule has 6 N–H and O–H groups in total. The molecule has 0 unspecified atom stereocenters.